The molecule has 1 amide bonds. The van der Waals surface area contributed by atoms with Gasteiger partial charge in [0, 0.05) is 56.0 Å². The number of halogens is 3. The van der Waals surface area contributed by atoms with Crippen molar-refractivity contribution < 1.29 is 18.7 Å². The summed E-state index contributed by atoms with van der Waals surface area (Å²) >= 11 is 0. The van der Waals surface area contributed by atoms with E-state index in [2.05, 4.69) is 18.7 Å². The minimum Gasteiger partial charge on any atom is -0.384 e. The van der Waals surface area contributed by atoms with Crippen LogP contribution in [0.2, 0.25) is 0 Å². The number of aliphatic hydroxyl groups is 1. The number of nitrogens with zero attached hydrogens (tertiary/aromatic N) is 2. The molecule has 0 aliphatic carbocycles. The van der Waals surface area contributed by atoms with Crippen molar-refractivity contribution in [3.8, 4) is 0 Å². The SMILES string of the molecule is CC(C)N1C[C@@H](C(=O)N2C[C@@H](C)C(O)(c3ccccc3)[C@@H](C)C2)[C@H](c2ccc(F)cc2F)C1.Cl. The zero-order chi connectivity index (χ0) is 23.9. The Kier molecular flexibility index (Phi) is 8.06. The molecule has 0 aromatic heterocycles. The molecule has 7 heteroatoms. The fourth-order valence-electron chi connectivity index (χ4n) is 5.81. The van der Waals surface area contributed by atoms with Crippen LogP contribution < -0.4 is 0 Å². The fourth-order valence-corrected chi connectivity index (χ4v) is 5.81. The number of hydrogen-bond acceptors (Lipinski definition) is 3. The van der Waals surface area contributed by atoms with Crippen LogP contribution in [0.1, 0.15) is 44.7 Å². The van der Waals surface area contributed by atoms with Crippen LogP contribution in [-0.2, 0) is 10.4 Å². The minimum absolute atomic E-state index is 0. The van der Waals surface area contributed by atoms with Crippen molar-refractivity contribution in [1.29, 1.82) is 0 Å². The van der Waals surface area contributed by atoms with Crippen LogP contribution in [0.25, 0.3) is 0 Å². The summed E-state index contributed by atoms with van der Waals surface area (Å²) in [4.78, 5) is 17.8. The molecule has 2 aliphatic heterocycles. The summed E-state index contributed by atoms with van der Waals surface area (Å²) in [5.41, 5.74) is 0.257. The van der Waals surface area contributed by atoms with Crippen molar-refractivity contribution in [2.45, 2.75) is 45.3 Å². The van der Waals surface area contributed by atoms with E-state index in [1.54, 1.807) is 0 Å². The second-order valence-corrected chi connectivity index (χ2v) is 10.2. The third-order valence-electron chi connectivity index (χ3n) is 7.80. The van der Waals surface area contributed by atoms with Crippen LogP contribution in [0, 0.1) is 29.4 Å². The van der Waals surface area contributed by atoms with Crippen LogP contribution >= 0.6 is 12.4 Å². The Morgan fingerprint density at radius 1 is 1.00 bits per heavy atom. The van der Waals surface area contributed by atoms with E-state index in [4.69, 9.17) is 0 Å². The number of piperidine rings is 1. The first-order chi connectivity index (χ1) is 15.6. The van der Waals surface area contributed by atoms with Gasteiger partial charge in [-0.15, -0.1) is 12.4 Å². The summed E-state index contributed by atoms with van der Waals surface area (Å²) in [5, 5.41) is 11.6. The number of rotatable bonds is 4. The second kappa shape index (κ2) is 10.3. The third-order valence-corrected chi connectivity index (χ3v) is 7.80. The molecule has 0 spiro atoms. The van der Waals surface area contributed by atoms with Gasteiger partial charge in [0.15, 0.2) is 0 Å². The van der Waals surface area contributed by atoms with Gasteiger partial charge in [-0.2, -0.15) is 0 Å². The molecule has 5 atom stereocenters. The van der Waals surface area contributed by atoms with Gasteiger partial charge in [-0.3, -0.25) is 9.69 Å². The Morgan fingerprint density at radius 2 is 1.62 bits per heavy atom. The number of carbonyl (C=O) groups excluding carboxylic acids is 1. The molecule has 2 saturated heterocycles. The molecule has 0 saturated carbocycles. The Morgan fingerprint density at radius 3 is 2.18 bits per heavy atom. The third kappa shape index (κ3) is 4.73. The molecular weight excluding hydrogens is 458 g/mol. The van der Waals surface area contributed by atoms with E-state index in [9.17, 15) is 18.7 Å². The van der Waals surface area contributed by atoms with E-state index in [1.807, 2.05) is 49.1 Å². The predicted octanol–water partition coefficient (Wildman–Crippen LogP) is 4.81. The van der Waals surface area contributed by atoms with Crippen molar-refractivity contribution in [2.75, 3.05) is 26.2 Å². The zero-order valence-electron chi connectivity index (χ0n) is 20.2. The molecule has 0 bridgehead atoms. The van der Waals surface area contributed by atoms with E-state index < -0.39 is 23.2 Å². The lowest BCUT2D eigenvalue weighted by Gasteiger charge is -2.48. The summed E-state index contributed by atoms with van der Waals surface area (Å²) in [6, 6.07) is 13.5. The van der Waals surface area contributed by atoms with Crippen LogP contribution in [-0.4, -0.2) is 53.0 Å². The smallest absolute Gasteiger partial charge is 0.227 e. The van der Waals surface area contributed by atoms with Crippen molar-refractivity contribution in [2.24, 2.45) is 17.8 Å². The van der Waals surface area contributed by atoms with Crippen molar-refractivity contribution in [1.82, 2.24) is 9.80 Å². The highest BCUT2D eigenvalue weighted by Gasteiger charge is 2.49. The average Bonchev–Trinajstić information content (AvgIpc) is 3.22. The van der Waals surface area contributed by atoms with E-state index >= 15 is 0 Å². The number of carbonyl (C=O) groups is 1. The van der Waals surface area contributed by atoms with Gasteiger partial charge in [0.05, 0.1) is 11.5 Å². The molecule has 4 rings (SSSR count). The first-order valence-electron chi connectivity index (χ1n) is 11.9. The molecule has 4 nitrogen and oxygen atoms in total. The topological polar surface area (TPSA) is 43.8 Å². The van der Waals surface area contributed by atoms with Crippen LogP contribution in [0.3, 0.4) is 0 Å². The lowest BCUT2D eigenvalue weighted by molar-refractivity contribution is -0.152. The molecule has 2 aromatic carbocycles. The van der Waals surface area contributed by atoms with Gasteiger partial charge in [-0.1, -0.05) is 50.2 Å². The lowest BCUT2D eigenvalue weighted by Crippen LogP contribution is -2.57. The van der Waals surface area contributed by atoms with E-state index in [-0.39, 0.29) is 42.1 Å². The summed E-state index contributed by atoms with van der Waals surface area (Å²) in [6.45, 7) is 10.1. The maximum Gasteiger partial charge on any atom is 0.227 e. The minimum atomic E-state index is -1.01. The normalized spacial score (nSPS) is 29.8. The largest absolute Gasteiger partial charge is 0.384 e. The number of benzene rings is 2. The van der Waals surface area contributed by atoms with Gasteiger partial charge in [-0.05, 0) is 31.0 Å². The summed E-state index contributed by atoms with van der Waals surface area (Å²) in [5.74, 6) is -2.28. The Bertz CT molecular complexity index is 991. The fraction of sp³-hybridized carbons (Fsp3) is 0.519. The number of likely N-dealkylation sites (tertiary alicyclic amines) is 2. The molecular formula is C27H35ClF2N2O2. The molecule has 0 radical (unpaired) electrons. The van der Waals surface area contributed by atoms with Gasteiger partial charge < -0.3 is 10.0 Å². The zero-order valence-corrected chi connectivity index (χ0v) is 21.1. The standard InChI is InChI=1S/C27H34F2N2O2.ClH/c1-17(2)30-15-23(22-11-10-21(28)12-25(22)29)24(16-30)26(32)31-13-18(3)27(33,19(4)14-31)20-8-6-5-7-9-20;/h5-12,17-19,23-24,33H,13-16H2,1-4H3;1H/t18-,19+,23-,24+,27?;/m0./s1. The van der Waals surface area contributed by atoms with E-state index in [0.29, 0.717) is 31.7 Å². The number of amides is 1. The molecule has 2 aliphatic rings. The molecule has 34 heavy (non-hydrogen) atoms. The Hall–Kier alpha value is -2.02. The van der Waals surface area contributed by atoms with Crippen molar-refractivity contribution in [3.63, 3.8) is 0 Å². The summed E-state index contributed by atoms with van der Waals surface area (Å²) in [6.07, 6.45) is 0. The highest BCUT2D eigenvalue weighted by atomic mass is 35.5. The van der Waals surface area contributed by atoms with Crippen molar-refractivity contribution >= 4 is 18.3 Å². The van der Waals surface area contributed by atoms with E-state index in [1.165, 1.54) is 12.1 Å². The predicted molar refractivity (Wildman–Crippen MR) is 132 cm³/mol. The highest BCUT2D eigenvalue weighted by molar-refractivity contribution is 5.85. The van der Waals surface area contributed by atoms with Crippen molar-refractivity contribution in [3.05, 3.63) is 71.3 Å². The quantitative estimate of drug-likeness (QED) is 0.666. The second-order valence-electron chi connectivity index (χ2n) is 10.2. The van der Waals surface area contributed by atoms with Crippen LogP contribution in [0.4, 0.5) is 8.78 Å². The lowest BCUT2D eigenvalue weighted by atomic mass is 9.70. The van der Waals surface area contributed by atoms with E-state index in [0.717, 1.165) is 11.6 Å². The molecule has 2 heterocycles. The maximum atomic E-state index is 14.7. The monoisotopic (exact) mass is 492 g/mol. The number of hydrogen-bond donors (Lipinski definition) is 1. The summed E-state index contributed by atoms with van der Waals surface area (Å²) < 4.78 is 28.2. The molecule has 186 valence electrons. The molecule has 1 N–H and O–H groups in total. The Balaban J connectivity index is 0.00000324. The van der Waals surface area contributed by atoms with Gasteiger partial charge in [-0.25, -0.2) is 8.78 Å². The van der Waals surface area contributed by atoms with Gasteiger partial charge >= 0.3 is 0 Å². The molecule has 2 fully saturated rings. The molecule has 1 unspecified atom stereocenters. The maximum absolute atomic E-state index is 14.7. The van der Waals surface area contributed by atoms with Gasteiger partial charge in [0.2, 0.25) is 5.91 Å². The first kappa shape index (κ1) is 26.6. The highest BCUT2D eigenvalue weighted by Crippen LogP contribution is 2.43. The molecule has 2 aromatic rings. The summed E-state index contributed by atoms with van der Waals surface area (Å²) in [7, 11) is 0. The van der Waals surface area contributed by atoms with Crippen LogP contribution in [0.5, 0.6) is 0 Å². The Labute approximate surface area is 207 Å². The first-order valence-corrected chi connectivity index (χ1v) is 11.9. The average molecular weight is 493 g/mol. The van der Waals surface area contributed by atoms with Crippen LogP contribution in [0.15, 0.2) is 48.5 Å². The van der Waals surface area contributed by atoms with Gasteiger partial charge in [0.25, 0.3) is 0 Å². The van der Waals surface area contributed by atoms with Gasteiger partial charge in [0.1, 0.15) is 11.6 Å².